The van der Waals surface area contributed by atoms with E-state index in [0.29, 0.717) is 0 Å². The van der Waals surface area contributed by atoms with Crippen molar-refractivity contribution < 1.29 is 20.8 Å². The summed E-state index contributed by atoms with van der Waals surface area (Å²) in [6.07, 6.45) is 0. The molecule has 0 aromatic heterocycles. The molecule has 1 aromatic carbocycles. The molecule has 94 valence electrons. The zero-order chi connectivity index (χ0) is 19.5. The SMILES string of the molecule is [2H]C([2H])([2H])C1(C([2H])([2H])[2H])NC(C)C(O)(c2cccc(Cl)c2)OC1([2H])[2H]. The van der Waals surface area contributed by atoms with E-state index in [0.717, 1.165) is 0 Å². The maximum Gasteiger partial charge on any atom is 0.208 e. The summed E-state index contributed by atoms with van der Waals surface area (Å²) in [6, 6.07) is 4.50. The summed E-state index contributed by atoms with van der Waals surface area (Å²) in [4.78, 5) is 0. The smallest absolute Gasteiger partial charge is 0.208 e. The van der Waals surface area contributed by atoms with E-state index in [1.807, 2.05) is 0 Å². The third kappa shape index (κ3) is 2.47. The van der Waals surface area contributed by atoms with Crippen molar-refractivity contribution in [2.45, 2.75) is 38.0 Å². The van der Waals surface area contributed by atoms with Gasteiger partial charge in [0.05, 0.1) is 15.3 Å². The first-order valence-corrected chi connectivity index (χ1v) is 5.42. The van der Waals surface area contributed by atoms with E-state index in [4.69, 9.17) is 27.3 Å². The average molecular weight is 264 g/mol. The highest BCUT2D eigenvalue weighted by Crippen LogP contribution is 2.33. The van der Waals surface area contributed by atoms with Crippen molar-refractivity contribution in [3.05, 3.63) is 34.9 Å². The molecular weight excluding hydrogens is 238 g/mol. The predicted octanol–water partition coefficient (Wildman–Crippen LogP) is 2.27. The first-order valence-electron chi connectivity index (χ1n) is 9.05. The molecule has 1 heterocycles. The van der Waals surface area contributed by atoms with Gasteiger partial charge in [-0.2, -0.15) is 0 Å². The normalized spacial score (nSPS) is 43.8. The number of hydrogen-bond donors (Lipinski definition) is 2. The van der Waals surface area contributed by atoms with E-state index in [-0.39, 0.29) is 10.6 Å². The van der Waals surface area contributed by atoms with Crippen molar-refractivity contribution in [1.82, 2.24) is 5.32 Å². The van der Waals surface area contributed by atoms with Gasteiger partial charge >= 0.3 is 0 Å². The van der Waals surface area contributed by atoms with Gasteiger partial charge in [0.1, 0.15) is 0 Å². The number of hydrogen-bond acceptors (Lipinski definition) is 3. The van der Waals surface area contributed by atoms with E-state index >= 15 is 0 Å². The van der Waals surface area contributed by atoms with Crippen molar-refractivity contribution in [1.29, 1.82) is 0 Å². The number of benzene rings is 1. The van der Waals surface area contributed by atoms with Crippen molar-refractivity contribution in [2.24, 2.45) is 0 Å². The summed E-state index contributed by atoms with van der Waals surface area (Å²) in [6.45, 7) is -8.52. The Morgan fingerprint density at radius 2 is 2.41 bits per heavy atom. The molecule has 1 saturated heterocycles. The van der Waals surface area contributed by atoms with Crippen LogP contribution in [0.1, 0.15) is 37.2 Å². The van der Waals surface area contributed by atoms with E-state index in [9.17, 15) is 5.11 Å². The molecule has 0 aliphatic carbocycles. The summed E-state index contributed by atoms with van der Waals surface area (Å²) in [5.41, 5.74) is -2.97. The van der Waals surface area contributed by atoms with Gasteiger partial charge in [0.15, 0.2) is 0 Å². The highest BCUT2D eigenvalue weighted by Gasteiger charge is 2.44. The fourth-order valence-electron chi connectivity index (χ4n) is 1.71. The lowest BCUT2D eigenvalue weighted by molar-refractivity contribution is -0.263. The van der Waals surface area contributed by atoms with E-state index in [1.165, 1.54) is 31.2 Å². The van der Waals surface area contributed by atoms with Gasteiger partial charge in [0.25, 0.3) is 0 Å². The molecule has 1 aliphatic rings. The number of aliphatic hydroxyl groups is 1. The fourth-order valence-corrected chi connectivity index (χ4v) is 1.91. The van der Waals surface area contributed by atoms with Crippen LogP contribution in [-0.4, -0.2) is 23.2 Å². The molecule has 2 atom stereocenters. The van der Waals surface area contributed by atoms with E-state index < -0.39 is 37.6 Å². The van der Waals surface area contributed by atoms with Gasteiger partial charge in [-0.1, -0.05) is 23.7 Å². The lowest BCUT2D eigenvalue weighted by Gasteiger charge is -2.46. The minimum atomic E-state index is -3.29. The number of morpholine rings is 1. The molecule has 3 nitrogen and oxygen atoms in total. The van der Waals surface area contributed by atoms with Crippen molar-refractivity contribution in [3.8, 4) is 0 Å². The summed E-state index contributed by atoms with van der Waals surface area (Å²) in [7, 11) is 0. The molecule has 0 spiro atoms. The molecular formula is C13H18ClNO2. The van der Waals surface area contributed by atoms with Crippen LogP contribution in [0.4, 0.5) is 0 Å². The molecule has 0 saturated carbocycles. The lowest BCUT2D eigenvalue weighted by atomic mass is 9.93. The van der Waals surface area contributed by atoms with Gasteiger partial charge in [-0.05, 0) is 32.8 Å². The summed E-state index contributed by atoms with van der Waals surface area (Å²) in [5.74, 6) is -2.32. The molecule has 1 aliphatic heterocycles. The number of ether oxygens (including phenoxy) is 1. The molecule has 1 fully saturated rings. The second-order valence-electron chi connectivity index (χ2n) is 4.03. The fraction of sp³-hybridized carbons (Fsp3) is 0.538. The number of halogens is 1. The molecule has 4 heteroatoms. The van der Waals surface area contributed by atoms with Crippen LogP contribution in [0, 0.1) is 0 Å². The minimum Gasteiger partial charge on any atom is -0.361 e. The molecule has 17 heavy (non-hydrogen) atoms. The third-order valence-electron chi connectivity index (χ3n) is 2.62. The van der Waals surface area contributed by atoms with Crippen molar-refractivity contribution in [2.75, 3.05) is 6.56 Å². The zero-order valence-corrected chi connectivity index (χ0v) is 9.88. The molecule has 1 aromatic rings. The Morgan fingerprint density at radius 3 is 3.06 bits per heavy atom. The molecule has 0 bridgehead atoms. The monoisotopic (exact) mass is 263 g/mol. The van der Waals surface area contributed by atoms with Gasteiger partial charge in [0.2, 0.25) is 5.79 Å². The van der Waals surface area contributed by atoms with Gasteiger partial charge in [-0.3, -0.25) is 0 Å². The van der Waals surface area contributed by atoms with Crippen LogP contribution in [0.3, 0.4) is 0 Å². The second kappa shape index (κ2) is 4.25. The van der Waals surface area contributed by atoms with Crippen molar-refractivity contribution >= 4 is 11.6 Å². The molecule has 2 unspecified atom stereocenters. The van der Waals surface area contributed by atoms with Crippen LogP contribution >= 0.6 is 11.6 Å². The van der Waals surface area contributed by atoms with Crippen LogP contribution in [0.5, 0.6) is 0 Å². The highest BCUT2D eigenvalue weighted by atomic mass is 35.5. The van der Waals surface area contributed by atoms with Crippen LogP contribution in [-0.2, 0) is 10.5 Å². The Hall–Kier alpha value is -0.610. The summed E-state index contributed by atoms with van der Waals surface area (Å²) < 4.78 is 67.0. The Bertz CT molecular complexity index is 648. The minimum absolute atomic E-state index is 0.0635. The van der Waals surface area contributed by atoms with Gasteiger partial charge in [-0.15, -0.1) is 0 Å². The first-order chi connectivity index (χ1) is 11.1. The van der Waals surface area contributed by atoms with E-state index in [2.05, 4.69) is 5.32 Å². The maximum atomic E-state index is 10.9. The topological polar surface area (TPSA) is 41.5 Å². The zero-order valence-electron chi connectivity index (χ0n) is 17.1. The van der Waals surface area contributed by atoms with Gasteiger partial charge in [-0.25, -0.2) is 0 Å². The standard InChI is InChI=1S/C13H18ClNO2/c1-9-13(16,17-8-12(2,3)15-9)10-5-4-6-11(14)7-10/h4-7,9,15-16H,8H2,1-3H3/i2D3,3D3,8D2. The Kier molecular flexibility index (Phi) is 1.50. The summed E-state index contributed by atoms with van der Waals surface area (Å²) in [5, 5.41) is 13.4. The first kappa shape index (κ1) is 6.02. The van der Waals surface area contributed by atoms with Crippen LogP contribution in [0.2, 0.25) is 5.02 Å². The second-order valence-corrected chi connectivity index (χ2v) is 4.46. The largest absolute Gasteiger partial charge is 0.361 e. The third-order valence-corrected chi connectivity index (χ3v) is 2.85. The lowest BCUT2D eigenvalue weighted by Crippen LogP contribution is -2.63. The number of nitrogens with one attached hydrogen (secondary N) is 1. The van der Waals surface area contributed by atoms with Crippen LogP contribution in [0.25, 0.3) is 0 Å². The molecule has 2 rings (SSSR count). The molecule has 0 radical (unpaired) electrons. The maximum absolute atomic E-state index is 10.9. The van der Waals surface area contributed by atoms with Crippen LogP contribution in [0.15, 0.2) is 24.3 Å². The quantitative estimate of drug-likeness (QED) is 0.817. The van der Waals surface area contributed by atoms with Gasteiger partial charge < -0.3 is 15.2 Å². The average Bonchev–Trinajstić information content (AvgIpc) is 2.39. The molecule has 0 amide bonds. The van der Waals surface area contributed by atoms with Crippen molar-refractivity contribution in [3.63, 3.8) is 0 Å². The Morgan fingerprint density at radius 1 is 1.65 bits per heavy atom. The highest BCUT2D eigenvalue weighted by molar-refractivity contribution is 6.30. The Labute approximate surface area is 118 Å². The van der Waals surface area contributed by atoms with Crippen LogP contribution < -0.4 is 5.32 Å². The molecule has 2 N–H and O–H groups in total. The predicted molar refractivity (Wildman–Crippen MR) is 68.0 cm³/mol. The summed E-state index contributed by atoms with van der Waals surface area (Å²) >= 11 is 5.89. The van der Waals surface area contributed by atoms with Gasteiger partial charge in [0, 0.05) is 24.3 Å². The number of rotatable bonds is 1. The van der Waals surface area contributed by atoms with E-state index in [1.54, 1.807) is 0 Å². The Balaban J connectivity index is 2.63.